The zero-order chi connectivity index (χ0) is 9.61. The molecule has 1 atom stereocenters. The second-order valence-electron chi connectivity index (χ2n) is 2.48. The first kappa shape index (κ1) is 11.7. The molecule has 0 fully saturated rings. The fourth-order valence-electron chi connectivity index (χ4n) is 0.542. The number of alkyl halides is 2. The van der Waals surface area contributed by atoms with Gasteiger partial charge in [0.05, 0.1) is 19.3 Å². The van der Waals surface area contributed by atoms with Gasteiger partial charge in [-0.2, -0.15) is 0 Å². The van der Waals surface area contributed by atoms with Gasteiger partial charge in [0.25, 0.3) is 5.92 Å². The van der Waals surface area contributed by atoms with Crippen LogP contribution in [-0.2, 0) is 0 Å². The van der Waals surface area contributed by atoms with Gasteiger partial charge in [0.15, 0.2) is 0 Å². The highest BCUT2D eigenvalue weighted by Crippen LogP contribution is 2.09. The molecule has 1 unspecified atom stereocenters. The molecule has 0 rings (SSSR count). The molecule has 0 aromatic rings. The van der Waals surface area contributed by atoms with Crippen molar-refractivity contribution in [3.63, 3.8) is 0 Å². The van der Waals surface area contributed by atoms with Crippen LogP contribution in [0.1, 0.15) is 0 Å². The van der Waals surface area contributed by atoms with Crippen molar-refractivity contribution in [3.05, 3.63) is 0 Å². The molecule has 0 aliphatic carbocycles. The quantitative estimate of drug-likeness (QED) is 0.409. The van der Waals surface area contributed by atoms with Crippen LogP contribution in [0, 0.1) is 0 Å². The van der Waals surface area contributed by atoms with Crippen molar-refractivity contribution >= 4 is 0 Å². The van der Waals surface area contributed by atoms with Crippen LogP contribution in [0.4, 0.5) is 8.78 Å². The van der Waals surface area contributed by atoms with Crippen molar-refractivity contribution in [1.82, 2.24) is 5.32 Å². The van der Waals surface area contributed by atoms with E-state index in [0.29, 0.717) is 0 Å². The highest BCUT2D eigenvalue weighted by molar-refractivity contribution is 4.69. The fraction of sp³-hybridized carbons (Fsp3) is 1.00. The average Bonchev–Trinajstić information content (AvgIpc) is 2.04. The van der Waals surface area contributed by atoms with E-state index in [0.717, 1.165) is 0 Å². The van der Waals surface area contributed by atoms with Gasteiger partial charge in [0.1, 0.15) is 6.61 Å². The maximum absolute atomic E-state index is 12.3. The van der Waals surface area contributed by atoms with E-state index >= 15 is 0 Å². The summed E-state index contributed by atoms with van der Waals surface area (Å²) in [5.41, 5.74) is 0. The van der Waals surface area contributed by atoms with Crippen LogP contribution in [0.2, 0.25) is 0 Å². The van der Waals surface area contributed by atoms with Crippen LogP contribution in [0.5, 0.6) is 0 Å². The fourth-order valence-corrected chi connectivity index (χ4v) is 0.542. The molecule has 4 N–H and O–H groups in total. The number of hydrogen-bond acceptors (Lipinski definition) is 4. The largest absolute Gasteiger partial charge is 0.394 e. The summed E-state index contributed by atoms with van der Waals surface area (Å²) in [5.74, 6) is -3.17. The Hall–Kier alpha value is -0.300. The number of rotatable bonds is 6. The van der Waals surface area contributed by atoms with Crippen molar-refractivity contribution in [2.24, 2.45) is 0 Å². The first-order valence-corrected chi connectivity index (χ1v) is 3.50. The lowest BCUT2D eigenvalue weighted by Gasteiger charge is -2.15. The molecule has 0 amide bonds. The molecule has 0 heterocycles. The highest BCUT2D eigenvalue weighted by atomic mass is 19.3. The molecular weight excluding hydrogens is 172 g/mol. The van der Waals surface area contributed by atoms with Crippen LogP contribution in [0.25, 0.3) is 0 Å². The average molecular weight is 185 g/mol. The van der Waals surface area contributed by atoms with Gasteiger partial charge in [-0.15, -0.1) is 0 Å². The smallest absolute Gasteiger partial charge is 0.282 e. The van der Waals surface area contributed by atoms with Crippen LogP contribution < -0.4 is 5.32 Å². The lowest BCUT2D eigenvalue weighted by molar-refractivity contribution is -0.0495. The number of hydrogen-bond donors (Lipinski definition) is 4. The monoisotopic (exact) mass is 185 g/mol. The van der Waals surface area contributed by atoms with Crippen LogP contribution >= 0.6 is 0 Å². The molecule has 0 aromatic carbocycles. The van der Waals surface area contributed by atoms with Gasteiger partial charge >= 0.3 is 0 Å². The van der Waals surface area contributed by atoms with Crippen LogP contribution in [0.3, 0.4) is 0 Å². The third-order valence-electron chi connectivity index (χ3n) is 1.21. The van der Waals surface area contributed by atoms with Crippen molar-refractivity contribution in [2.75, 3.05) is 26.3 Å². The second-order valence-corrected chi connectivity index (χ2v) is 2.48. The molecule has 0 saturated heterocycles. The summed E-state index contributed by atoms with van der Waals surface area (Å²) in [5, 5.41) is 27.3. The molecule has 4 nitrogen and oxygen atoms in total. The Balaban J connectivity index is 3.42. The summed E-state index contributed by atoms with van der Waals surface area (Å²) in [6.07, 6.45) is -1.04. The summed E-state index contributed by atoms with van der Waals surface area (Å²) in [6, 6.07) is 0. The minimum atomic E-state index is -3.17. The predicted octanol–water partition coefficient (Wildman–Crippen LogP) is -1.44. The number of aliphatic hydroxyl groups excluding tert-OH is 3. The van der Waals surface area contributed by atoms with E-state index < -0.39 is 31.8 Å². The van der Waals surface area contributed by atoms with Gasteiger partial charge in [0.2, 0.25) is 0 Å². The Labute approximate surface area is 68.8 Å². The topological polar surface area (TPSA) is 72.7 Å². The Morgan fingerprint density at radius 2 is 1.92 bits per heavy atom. The molecule has 0 aliphatic rings. The number of aliphatic hydroxyl groups is 3. The molecule has 74 valence electrons. The zero-order valence-corrected chi connectivity index (χ0v) is 6.50. The van der Waals surface area contributed by atoms with Gasteiger partial charge in [-0.3, -0.25) is 0 Å². The molecule has 0 saturated carbocycles. The highest BCUT2D eigenvalue weighted by Gasteiger charge is 2.26. The predicted molar refractivity (Wildman–Crippen MR) is 38.0 cm³/mol. The van der Waals surface area contributed by atoms with Crippen molar-refractivity contribution < 1.29 is 24.1 Å². The summed E-state index contributed by atoms with van der Waals surface area (Å²) < 4.78 is 24.5. The Morgan fingerprint density at radius 3 is 2.33 bits per heavy atom. The lowest BCUT2D eigenvalue weighted by Crippen LogP contribution is -2.40. The summed E-state index contributed by atoms with van der Waals surface area (Å²) in [7, 11) is 0. The van der Waals surface area contributed by atoms with E-state index in [1.165, 1.54) is 0 Å². The number of halogens is 2. The molecule has 0 spiro atoms. The zero-order valence-electron chi connectivity index (χ0n) is 6.50. The molecular formula is C6H13F2NO3. The second kappa shape index (κ2) is 5.36. The third-order valence-corrected chi connectivity index (χ3v) is 1.21. The summed E-state index contributed by atoms with van der Waals surface area (Å²) in [4.78, 5) is 0. The van der Waals surface area contributed by atoms with E-state index in [1.807, 2.05) is 0 Å². The van der Waals surface area contributed by atoms with Crippen LogP contribution in [-0.4, -0.2) is 53.6 Å². The van der Waals surface area contributed by atoms with Gasteiger partial charge in [-0.25, -0.2) is 8.78 Å². The molecule has 0 radical (unpaired) electrons. The van der Waals surface area contributed by atoms with E-state index in [2.05, 4.69) is 5.32 Å². The maximum Gasteiger partial charge on any atom is 0.282 e. The first-order valence-electron chi connectivity index (χ1n) is 3.50. The van der Waals surface area contributed by atoms with Gasteiger partial charge in [-0.1, -0.05) is 0 Å². The minimum absolute atomic E-state index is 0.119. The van der Waals surface area contributed by atoms with Crippen molar-refractivity contribution in [1.29, 1.82) is 0 Å². The molecule has 6 heteroatoms. The first-order chi connectivity index (χ1) is 5.52. The molecule has 0 aliphatic heterocycles. The summed E-state index contributed by atoms with van der Waals surface area (Å²) >= 11 is 0. The maximum atomic E-state index is 12.3. The third kappa shape index (κ3) is 5.36. The lowest BCUT2D eigenvalue weighted by atomic mass is 10.3. The van der Waals surface area contributed by atoms with Gasteiger partial charge in [-0.05, 0) is 0 Å². The molecule has 12 heavy (non-hydrogen) atoms. The Morgan fingerprint density at radius 1 is 1.33 bits per heavy atom. The van der Waals surface area contributed by atoms with Crippen molar-refractivity contribution in [3.8, 4) is 0 Å². The van der Waals surface area contributed by atoms with Gasteiger partial charge in [0, 0.05) is 6.54 Å². The van der Waals surface area contributed by atoms with Gasteiger partial charge < -0.3 is 20.6 Å². The SMILES string of the molecule is OCC(O)CNCC(F)(F)CO. The Bertz CT molecular complexity index is 123. The van der Waals surface area contributed by atoms with Crippen molar-refractivity contribution in [2.45, 2.75) is 12.0 Å². The number of nitrogens with one attached hydrogen (secondary N) is 1. The summed E-state index contributed by atoms with van der Waals surface area (Å²) in [6.45, 7) is -2.53. The standard InChI is InChI=1S/C6H13F2NO3/c7-6(8,4-11)3-9-1-5(12)2-10/h5,9-12H,1-4H2. The normalized spacial score (nSPS) is 14.8. The van der Waals surface area contributed by atoms with E-state index in [9.17, 15) is 8.78 Å². The molecule has 0 bridgehead atoms. The van der Waals surface area contributed by atoms with E-state index in [-0.39, 0.29) is 6.54 Å². The van der Waals surface area contributed by atoms with Crippen LogP contribution in [0.15, 0.2) is 0 Å². The van der Waals surface area contributed by atoms with E-state index in [4.69, 9.17) is 15.3 Å². The molecule has 0 aromatic heterocycles. The van der Waals surface area contributed by atoms with E-state index in [1.54, 1.807) is 0 Å². The minimum Gasteiger partial charge on any atom is -0.394 e. The Kier molecular flexibility index (Phi) is 5.23.